The average molecular weight is 291 g/mol. The zero-order chi connectivity index (χ0) is 13.4. The van der Waals surface area contributed by atoms with Gasteiger partial charge in [0.2, 0.25) is 10.0 Å². The maximum Gasteiger partial charge on any atom is 0.243 e. The van der Waals surface area contributed by atoms with Gasteiger partial charge < -0.3 is 5.11 Å². The van der Waals surface area contributed by atoms with E-state index in [9.17, 15) is 21.9 Å². The van der Waals surface area contributed by atoms with Crippen molar-refractivity contribution < 1.29 is 21.9 Å². The molecule has 8 heteroatoms. The summed E-state index contributed by atoms with van der Waals surface area (Å²) in [4.78, 5) is -0.0261. The molecule has 0 atom stereocenters. The third kappa shape index (κ3) is 2.65. The molecular formula is C10H13NO5S2. The van der Waals surface area contributed by atoms with E-state index in [1.54, 1.807) is 0 Å². The Hall–Kier alpha value is -1.12. The quantitative estimate of drug-likeness (QED) is 0.815. The minimum absolute atomic E-state index is 0.0261. The highest BCUT2D eigenvalue weighted by molar-refractivity contribution is 7.92. The Morgan fingerprint density at radius 3 is 2.33 bits per heavy atom. The minimum atomic E-state index is -3.73. The second-order valence-corrected chi connectivity index (χ2v) is 8.29. The molecule has 2 rings (SSSR count). The van der Waals surface area contributed by atoms with Gasteiger partial charge in [-0.2, -0.15) is 4.31 Å². The number of sulfone groups is 1. The Morgan fingerprint density at radius 2 is 1.78 bits per heavy atom. The number of sulfonamides is 1. The lowest BCUT2D eigenvalue weighted by atomic mass is 10.3. The van der Waals surface area contributed by atoms with Gasteiger partial charge in [-0.25, -0.2) is 16.8 Å². The lowest BCUT2D eigenvalue weighted by Crippen LogP contribution is -2.43. The number of phenolic OH excluding ortho intramolecular Hbond substituents is 1. The molecule has 1 heterocycles. The number of hydrogen-bond donors (Lipinski definition) is 1. The summed E-state index contributed by atoms with van der Waals surface area (Å²) in [7, 11) is -6.85. The molecule has 0 aliphatic carbocycles. The van der Waals surface area contributed by atoms with Crippen molar-refractivity contribution >= 4 is 19.9 Å². The third-order valence-corrected chi connectivity index (χ3v) is 6.26. The first-order valence-corrected chi connectivity index (χ1v) is 8.57. The van der Waals surface area contributed by atoms with E-state index in [1.807, 2.05) is 0 Å². The van der Waals surface area contributed by atoms with E-state index >= 15 is 0 Å². The van der Waals surface area contributed by atoms with Gasteiger partial charge in [-0.05, 0) is 18.2 Å². The van der Waals surface area contributed by atoms with Crippen LogP contribution in [0.15, 0.2) is 29.2 Å². The monoisotopic (exact) mass is 291 g/mol. The van der Waals surface area contributed by atoms with Gasteiger partial charge in [-0.15, -0.1) is 0 Å². The maximum absolute atomic E-state index is 12.2. The molecule has 1 fully saturated rings. The zero-order valence-electron chi connectivity index (χ0n) is 9.48. The van der Waals surface area contributed by atoms with Crippen molar-refractivity contribution in [3.8, 4) is 5.75 Å². The van der Waals surface area contributed by atoms with Crippen LogP contribution in [0.4, 0.5) is 0 Å². The molecule has 0 unspecified atom stereocenters. The van der Waals surface area contributed by atoms with Crippen LogP contribution < -0.4 is 0 Å². The molecule has 18 heavy (non-hydrogen) atoms. The van der Waals surface area contributed by atoms with Crippen LogP contribution in [0.1, 0.15) is 0 Å². The van der Waals surface area contributed by atoms with E-state index in [0.29, 0.717) is 0 Å². The van der Waals surface area contributed by atoms with Crippen LogP contribution in [-0.4, -0.2) is 50.8 Å². The van der Waals surface area contributed by atoms with Gasteiger partial charge in [-0.1, -0.05) is 6.07 Å². The van der Waals surface area contributed by atoms with Crippen molar-refractivity contribution in [2.24, 2.45) is 0 Å². The molecule has 1 saturated heterocycles. The van der Waals surface area contributed by atoms with Gasteiger partial charge >= 0.3 is 0 Å². The number of phenols is 1. The fourth-order valence-electron chi connectivity index (χ4n) is 1.73. The highest BCUT2D eigenvalue weighted by Crippen LogP contribution is 2.21. The van der Waals surface area contributed by atoms with Gasteiger partial charge in [-0.3, -0.25) is 0 Å². The number of aromatic hydroxyl groups is 1. The first-order chi connectivity index (χ1) is 8.31. The Morgan fingerprint density at radius 1 is 1.17 bits per heavy atom. The molecular weight excluding hydrogens is 278 g/mol. The first-order valence-electron chi connectivity index (χ1n) is 5.31. The first kappa shape index (κ1) is 13.3. The molecule has 0 spiro atoms. The van der Waals surface area contributed by atoms with Crippen molar-refractivity contribution in [3.63, 3.8) is 0 Å². The lowest BCUT2D eigenvalue weighted by molar-refractivity contribution is 0.429. The number of nitrogens with zero attached hydrogens (tertiary/aromatic N) is 1. The molecule has 1 aromatic carbocycles. The third-order valence-electron chi connectivity index (χ3n) is 2.76. The van der Waals surface area contributed by atoms with E-state index in [0.717, 1.165) is 10.4 Å². The SMILES string of the molecule is O=S1(=O)CCN(S(=O)(=O)c2cccc(O)c2)CC1. The van der Waals surface area contributed by atoms with Crippen LogP contribution in [0, 0.1) is 0 Å². The van der Waals surface area contributed by atoms with Crippen LogP contribution in [0.2, 0.25) is 0 Å². The number of hydrogen-bond acceptors (Lipinski definition) is 5. The molecule has 0 saturated carbocycles. The summed E-state index contributed by atoms with van der Waals surface area (Å²) < 4.78 is 48.0. The van der Waals surface area contributed by atoms with Crippen molar-refractivity contribution in [1.29, 1.82) is 0 Å². The van der Waals surface area contributed by atoms with Crippen molar-refractivity contribution in [3.05, 3.63) is 24.3 Å². The molecule has 1 aliphatic heterocycles. The van der Waals surface area contributed by atoms with E-state index < -0.39 is 19.9 Å². The smallest absolute Gasteiger partial charge is 0.243 e. The topological polar surface area (TPSA) is 91.8 Å². The maximum atomic E-state index is 12.2. The average Bonchev–Trinajstić information content (AvgIpc) is 2.28. The summed E-state index contributed by atoms with van der Waals surface area (Å²) in [6.45, 7) is -0.0827. The van der Waals surface area contributed by atoms with Crippen molar-refractivity contribution in [1.82, 2.24) is 4.31 Å². The fraction of sp³-hybridized carbons (Fsp3) is 0.400. The standard InChI is InChI=1S/C10H13NO5S2/c12-9-2-1-3-10(8-9)18(15,16)11-4-6-17(13,14)7-5-11/h1-3,8,12H,4-7H2. The second kappa shape index (κ2) is 4.52. The zero-order valence-corrected chi connectivity index (χ0v) is 11.1. The Balaban J connectivity index is 2.28. The van der Waals surface area contributed by atoms with Gasteiger partial charge in [0, 0.05) is 13.1 Å². The fourth-order valence-corrected chi connectivity index (χ4v) is 4.64. The summed E-state index contributed by atoms with van der Waals surface area (Å²) in [5, 5.41) is 9.28. The molecule has 0 bridgehead atoms. The Labute approximate surface area is 106 Å². The second-order valence-electron chi connectivity index (χ2n) is 4.05. The van der Waals surface area contributed by atoms with Gasteiger partial charge in [0.1, 0.15) is 5.75 Å². The number of benzene rings is 1. The van der Waals surface area contributed by atoms with Gasteiger partial charge in [0.05, 0.1) is 16.4 Å². The molecule has 1 aromatic rings. The highest BCUT2D eigenvalue weighted by atomic mass is 32.2. The predicted octanol–water partition coefficient (Wildman–Crippen LogP) is -0.189. The molecule has 6 nitrogen and oxygen atoms in total. The normalized spacial score (nSPS) is 20.7. The minimum Gasteiger partial charge on any atom is -0.508 e. The summed E-state index contributed by atoms with van der Waals surface area (Å²) in [6.07, 6.45) is 0. The predicted molar refractivity (Wildman–Crippen MR) is 65.5 cm³/mol. The molecule has 0 amide bonds. The molecule has 100 valence electrons. The Kier molecular flexibility index (Phi) is 3.35. The highest BCUT2D eigenvalue weighted by Gasteiger charge is 2.31. The van der Waals surface area contributed by atoms with Gasteiger partial charge in [0.25, 0.3) is 0 Å². The Bertz CT molecular complexity index is 637. The van der Waals surface area contributed by atoms with E-state index in [1.165, 1.54) is 18.2 Å². The summed E-state index contributed by atoms with van der Waals surface area (Å²) in [5.41, 5.74) is 0. The molecule has 0 radical (unpaired) electrons. The van der Waals surface area contributed by atoms with Crippen LogP contribution in [0.3, 0.4) is 0 Å². The van der Waals surface area contributed by atoms with E-state index in [2.05, 4.69) is 0 Å². The van der Waals surface area contributed by atoms with Crippen LogP contribution in [0.5, 0.6) is 5.75 Å². The van der Waals surface area contributed by atoms with Crippen molar-refractivity contribution in [2.45, 2.75) is 4.90 Å². The molecule has 0 aromatic heterocycles. The van der Waals surface area contributed by atoms with Crippen LogP contribution >= 0.6 is 0 Å². The summed E-state index contributed by atoms with van der Waals surface area (Å²) >= 11 is 0. The van der Waals surface area contributed by atoms with E-state index in [4.69, 9.17) is 0 Å². The van der Waals surface area contributed by atoms with Crippen molar-refractivity contribution in [2.75, 3.05) is 24.6 Å². The molecule has 1 N–H and O–H groups in total. The van der Waals surface area contributed by atoms with Crippen LogP contribution in [-0.2, 0) is 19.9 Å². The largest absolute Gasteiger partial charge is 0.508 e. The summed E-state index contributed by atoms with van der Waals surface area (Å²) in [6, 6.07) is 5.33. The van der Waals surface area contributed by atoms with E-state index in [-0.39, 0.29) is 35.2 Å². The summed E-state index contributed by atoms with van der Waals surface area (Å²) in [5.74, 6) is -0.462. The molecule has 1 aliphatic rings. The lowest BCUT2D eigenvalue weighted by Gasteiger charge is -2.25. The number of rotatable bonds is 2. The van der Waals surface area contributed by atoms with Crippen LogP contribution in [0.25, 0.3) is 0 Å². The van der Waals surface area contributed by atoms with Gasteiger partial charge in [0.15, 0.2) is 9.84 Å².